The van der Waals surface area contributed by atoms with Gasteiger partial charge in [0, 0.05) is 12.5 Å². The molecule has 0 spiro atoms. The molecule has 0 aliphatic carbocycles. The largest absolute Gasteiger partial charge is 0.457 e. The second-order valence-electron chi connectivity index (χ2n) is 7.05. The molecule has 162 valence electrons. The average Bonchev–Trinajstić information content (AvgIpc) is 2.74. The molecule has 2 aromatic carbocycles. The van der Waals surface area contributed by atoms with Crippen molar-refractivity contribution in [3.63, 3.8) is 0 Å². The highest BCUT2D eigenvalue weighted by molar-refractivity contribution is 5.88. The molecule has 0 bridgehead atoms. The third kappa shape index (κ3) is 7.35. The minimum absolute atomic E-state index is 0.0414. The van der Waals surface area contributed by atoms with Crippen molar-refractivity contribution in [3.05, 3.63) is 66.0 Å². The van der Waals surface area contributed by atoms with Crippen LogP contribution < -0.4 is 15.4 Å². The summed E-state index contributed by atoms with van der Waals surface area (Å²) < 4.78 is 11.7. The first kappa shape index (κ1) is 22.2. The molecule has 1 atom stereocenters. The van der Waals surface area contributed by atoms with Gasteiger partial charge in [0.1, 0.15) is 17.3 Å². The Morgan fingerprint density at radius 3 is 2.52 bits per heavy atom. The minimum Gasteiger partial charge on any atom is -0.457 e. The highest BCUT2D eigenvalue weighted by Gasteiger charge is 2.10. The van der Waals surface area contributed by atoms with Crippen molar-refractivity contribution < 1.29 is 14.3 Å². The molecule has 1 heterocycles. The maximum Gasteiger partial charge on any atom is 0.234 e. The summed E-state index contributed by atoms with van der Waals surface area (Å²) in [6.45, 7) is 6.39. The Balaban J connectivity index is 1.50. The Hall–Kier alpha value is -3.52. The van der Waals surface area contributed by atoms with E-state index < -0.39 is 0 Å². The number of nitrogens with zero attached hydrogens (tertiary/aromatic N) is 3. The van der Waals surface area contributed by atoms with Crippen molar-refractivity contribution in [3.8, 4) is 11.5 Å². The summed E-state index contributed by atoms with van der Waals surface area (Å²) in [5.41, 5.74) is 1.02. The number of hydrogen-bond acceptors (Lipinski definition) is 7. The van der Waals surface area contributed by atoms with E-state index in [1.165, 1.54) is 0 Å². The van der Waals surface area contributed by atoms with E-state index in [1.807, 2.05) is 61.5 Å². The van der Waals surface area contributed by atoms with Gasteiger partial charge < -0.3 is 14.8 Å². The van der Waals surface area contributed by atoms with Gasteiger partial charge in [-0.1, -0.05) is 37.3 Å². The van der Waals surface area contributed by atoms with E-state index in [1.54, 1.807) is 13.8 Å². The number of rotatable bonds is 10. The number of hydrogen-bond donors (Lipinski definition) is 2. The summed E-state index contributed by atoms with van der Waals surface area (Å²) in [6, 6.07) is 17.4. The van der Waals surface area contributed by atoms with Gasteiger partial charge in [0.05, 0.1) is 13.2 Å². The summed E-state index contributed by atoms with van der Waals surface area (Å²) in [5, 5.41) is 5.83. The lowest BCUT2D eigenvalue weighted by molar-refractivity contribution is -0.115. The number of aromatic nitrogens is 3. The molecular formula is C23H27N5O3. The third-order valence-corrected chi connectivity index (χ3v) is 4.21. The summed E-state index contributed by atoms with van der Waals surface area (Å²) in [5.74, 6) is 2.57. The maximum atomic E-state index is 11.6. The second-order valence-corrected chi connectivity index (χ2v) is 7.05. The first-order valence-corrected chi connectivity index (χ1v) is 10.2. The monoisotopic (exact) mass is 421 g/mol. The minimum atomic E-state index is -0.147. The molecule has 31 heavy (non-hydrogen) atoms. The molecule has 8 heteroatoms. The normalized spacial score (nSPS) is 11.6. The van der Waals surface area contributed by atoms with E-state index in [0.717, 1.165) is 17.1 Å². The molecule has 8 nitrogen and oxygen atoms in total. The van der Waals surface area contributed by atoms with Crippen LogP contribution in [-0.2, 0) is 16.1 Å². The van der Waals surface area contributed by atoms with Crippen LogP contribution >= 0.6 is 0 Å². The average molecular weight is 422 g/mol. The number of carbonyl (C=O) groups excluding carboxylic acids is 1. The number of anilines is 2. The third-order valence-electron chi connectivity index (χ3n) is 4.21. The van der Waals surface area contributed by atoms with E-state index >= 15 is 0 Å². The molecule has 3 aromatic rings. The highest BCUT2D eigenvalue weighted by Crippen LogP contribution is 2.22. The van der Waals surface area contributed by atoms with Gasteiger partial charge in [0.25, 0.3) is 0 Å². The molecule has 3 rings (SSSR count). The summed E-state index contributed by atoms with van der Waals surface area (Å²) in [6.07, 6.45) is 0.356. The Labute approximate surface area is 182 Å². The lowest BCUT2D eigenvalue weighted by Crippen LogP contribution is -2.24. The van der Waals surface area contributed by atoms with Crippen molar-refractivity contribution >= 4 is 17.8 Å². The van der Waals surface area contributed by atoms with Crippen LogP contribution in [0.1, 0.15) is 31.7 Å². The SMILES string of the molecule is CCC(=O)Nc1nc(C)nc(NC(C)COCc2cccc(Oc3ccccc3)c2)n1. The van der Waals surface area contributed by atoms with Crippen LogP contribution in [0.25, 0.3) is 0 Å². The molecule has 0 aliphatic heterocycles. The van der Waals surface area contributed by atoms with Crippen LogP contribution in [0.3, 0.4) is 0 Å². The number of benzene rings is 2. The predicted octanol–water partition coefficient (Wildman–Crippen LogP) is 4.34. The highest BCUT2D eigenvalue weighted by atomic mass is 16.5. The summed E-state index contributed by atoms with van der Waals surface area (Å²) in [4.78, 5) is 24.2. The smallest absolute Gasteiger partial charge is 0.234 e. The maximum absolute atomic E-state index is 11.6. The van der Waals surface area contributed by atoms with Gasteiger partial charge >= 0.3 is 0 Å². The predicted molar refractivity (Wildman–Crippen MR) is 119 cm³/mol. The molecule has 0 fully saturated rings. The molecule has 2 N–H and O–H groups in total. The van der Waals surface area contributed by atoms with E-state index in [0.29, 0.717) is 31.4 Å². The number of nitrogens with one attached hydrogen (secondary N) is 2. The van der Waals surface area contributed by atoms with Gasteiger partial charge in [-0.2, -0.15) is 15.0 Å². The Kier molecular flexibility index (Phi) is 7.89. The lowest BCUT2D eigenvalue weighted by Gasteiger charge is -2.15. The lowest BCUT2D eigenvalue weighted by atomic mass is 10.2. The van der Waals surface area contributed by atoms with E-state index in [9.17, 15) is 4.79 Å². The fraction of sp³-hybridized carbons (Fsp3) is 0.304. The fourth-order valence-corrected chi connectivity index (χ4v) is 2.75. The molecule has 1 aromatic heterocycles. The quantitative estimate of drug-likeness (QED) is 0.502. The van der Waals surface area contributed by atoms with Gasteiger partial charge in [-0.05, 0) is 43.7 Å². The van der Waals surface area contributed by atoms with Gasteiger partial charge in [0.15, 0.2) is 0 Å². The zero-order valence-corrected chi connectivity index (χ0v) is 18.0. The molecule has 1 unspecified atom stereocenters. The van der Waals surface area contributed by atoms with E-state index in [-0.39, 0.29) is 17.9 Å². The second kappa shape index (κ2) is 11.0. The molecule has 0 aliphatic rings. The molecule has 1 amide bonds. The van der Waals surface area contributed by atoms with Crippen LogP contribution in [0.4, 0.5) is 11.9 Å². The first-order valence-electron chi connectivity index (χ1n) is 10.2. The van der Waals surface area contributed by atoms with Crippen LogP contribution in [0.5, 0.6) is 11.5 Å². The first-order chi connectivity index (χ1) is 15.0. The van der Waals surface area contributed by atoms with Crippen molar-refractivity contribution in [2.24, 2.45) is 0 Å². The number of aryl methyl sites for hydroxylation is 1. The topological polar surface area (TPSA) is 98.3 Å². The Morgan fingerprint density at radius 2 is 1.74 bits per heavy atom. The van der Waals surface area contributed by atoms with Crippen LogP contribution in [0.15, 0.2) is 54.6 Å². The number of para-hydroxylation sites is 1. The van der Waals surface area contributed by atoms with Gasteiger partial charge in [-0.25, -0.2) is 0 Å². The zero-order chi connectivity index (χ0) is 22.1. The van der Waals surface area contributed by atoms with E-state index in [4.69, 9.17) is 9.47 Å². The standard InChI is InChI=1S/C23H27N5O3/c1-4-21(29)27-23-26-17(3)25-22(28-23)24-16(2)14-30-15-18-9-8-12-20(13-18)31-19-10-6-5-7-11-19/h5-13,16H,4,14-15H2,1-3H3,(H2,24,25,26,27,28,29). The molecule has 0 saturated heterocycles. The molecule has 0 radical (unpaired) electrons. The van der Waals surface area contributed by atoms with Gasteiger partial charge in [0.2, 0.25) is 17.8 Å². The van der Waals surface area contributed by atoms with E-state index in [2.05, 4.69) is 25.6 Å². The number of amides is 1. The zero-order valence-electron chi connectivity index (χ0n) is 18.0. The van der Waals surface area contributed by atoms with Crippen molar-refractivity contribution in [2.45, 2.75) is 39.8 Å². The summed E-state index contributed by atoms with van der Waals surface area (Å²) in [7, 11) is 0. The van der Waals surface area contributed by atoms with Crippen LogP contribution in [-0.4, -0.2) is 33.5 Å². The van der Waals surface area contributed by atoms with Gasteiger partial charge in [-0.15, -0.1) is 0 Å². The van der Waals surface area contributed by atoms with Crippen molar-refractivity contribution in [1.82, 2.24) is 15.0 Å². The summed E-state index contributed by atoms with van der Waals surface area (Å²) >= 11 is 0. The van der Waals surface area contributed by atoms with Crippen LogP contribution in [0.2, 0.25) is 0 Å². The van der Waals surface area contributed by atoms with Crippen molar-refractivity contribution in [1.29, 1.82) is 0 Å². The molecule has 0 saturated carbocycles. The van der Waals surface area contributed by atoms with Crippen LogP contribution in [0, 0.1) is 6.92 Å². The fourth-order valence-electron chi connectivity index (χ4n) is 2.75. The van der Waals surface area contributed by atoms with Gasteiger partial charge in [-0.3, -0.25) is 10.1 Å². The Morgan fingerprint density at radius 1 is 1.00 bits per heavy atom. The Bertz CT molecular complexity index is 998. The molecular weight excluding hydrogens is 394 g/mol. The number of ether oxygens (including phenoxy) is 2. The number of carbonyl (C=O) groups is 1. The van der Waals surface area contributed by atoms with Crippen molar-refractivity contribution in [2.75, 3.05) is 17.2 Å².